The van der Waals surface area contributed by atoms with Crippen molar-refractivity contribution in [2.24, 2.45) is 0 Å². The van der Waals surface area contributed by atoms with Gasteiger partial charge in [0.1, 0.15) is 0 Å². The van der Waals surface area contributed by atoms with Gasteiger partial charge in [-0.05, 0) is 5.56 Å². The van der Waals surface area contributed by atoms with Gasteiger partial charge in [0, 0.05) is 25.7 Å². The van der Waals surface area contributed by atoms with Gasteiger partial charge in [0.2, 0.25) is 11.5 Å². The van der Waals surface area contributed by atoms with Gasteiger partial charge in [0.15, 0.2) is 0 Å². The van der Waals surface area contributed by atoms with Crippen LogP contribution in [0.5, 0.6) is 0 Å². The standard InChI is InChI=1S/C8H10N2O2/c1-6(11)9-4-7-2-3-8(12)10-5-7/h2-3,5H,4H2,1H3,(H,9,11)(H,10,12). The van der Waals surface area contributed by atoms with Crippen molar-refractivity contribution in [1.82, 2.24) is 10.3 Å². The molecule has 0 aromatic carbocycles. The molecule has 1 aromatic heterocycles. The first-order valence-corrected chi connectivity index (χ1v) is 3.60. The van der Waals surface area contributed by atoms with Crippen LogP contribution in [0.2, 0.25) is 0 Å². The lowest BCUT2D eigenvalue weighted by Gasteiger charge is -1.99. The molecule has 0 spiro atoms. The van der Waals surface area contributed by atoms with E-state index in [0.717, 1.165) is 5.56 Å². The van der Waals surface area contributed by atoms with Crippen LogP contribution in [0.3, 0.4) is 0 Å². The van der Waals surface area contributed by atoms with E-state index in [1.807, 2.05) is 0 Å². The molecular formula is C8H10N2O2. The van der Waals surface area contributed by atoms with Gasteiger partial charge in [-0.25, -0.2) is 0 Å². The lowest BCUT2D eigenvalue weighted by atomic mass is 10.3. The predicted molar refractivity (Wildman–Crippen MR) is 44.6 cm³/mol. The Kier molecular flexibility index (Phi) is 2.63. The van der Waals surface area contributed by atoms with Crippen molar-refractivity contribution < 1.29 is 4.79 Å². The summed E-state index contributed by atoms with van der Waals surface area (Å²) in [6.45, 7) is 1.90. The zero-order valence-corrected chi connectivity index (χ0v) is 6.76. The number of H-pyrrole nitrogens is 1. The molecule has 0 unspecified atom stereocenters. The Labute approximate surface area is 69.6 Å². The van der Waals surface area contributed by atoms with Crippen LogP contribution in [0.1, 0.15) is 12.5 Å². The number of carbonyl (C=O) groups is 1. The lowest BCUT2D eigenvalue weighted by molar-refractivity contribution is -0.119. The molecule has 2 N–H and O–H groups in total. The third-order valence-electron chi connectivity index (χ3n) is 1.39. The number of nitrogens with one attached hydrogen (secondary N) is 2. The molecule has 12 heavy (non-hydrogen) atoms. The van der Waals surface area contributed by atoms with Gasteiger partial charge in [-0.1, -0.05) is 6.07 Å². The minimum atomic E-state index is -0.137. The van der Waals surface area contributed by atoms with Crippen molar-refractivity contribution >= 4 is 5.91 Å². The highest BCUT2D eigenvalue weighted by Gasteiger charge is 1.93. The Morgan fingerprint density at radius 2 is 2.33 bits per heavy atom. The highest BCUT2D eigenvalue weighted by atomic mass is 16.1. The van der Waals surface area contributed by atoms with Gasteiger partial charge >= 0.3 is 0 Å². The van der Waals surface area contributed by atoms with E-state index < -0.39 is 0 Å². The maximum absolute atomic E-state index is 10.6. The largest absolute Gasteiger partial charge is 0.352 e. The van der Waals surface area contributed by atoms with Crippen LogP contribution in [0.25, 0.3) is 0 Å². The molecule has 0 atom stereocenters. The van der Waals surface area contributed by atoms with E-state index in [4.69, 9.17) is 0 Å². The first-order valence-electron chi connectivity index (χ1n) is 3.60. The number of carbonyl (C=O) groups excluding carboxylic acids is 1. The molecule has 0 saturated carbocycles. The summed E-state index contributed by atoms with van der Waals surface area (Å²) < 4.78 is 0. The molecule has 4 nitrogen and oxygen atoms in total. The van der Waals surface area contributed by atoms with Gasteiger partial charge in [-0.3, -0.25) is 9.59 Å². The fraction of sp³-hybridized carbons (Fsp3) is 0.250. The van der Waals surface area contributed by atoms with Gasteiger partial charge in [-0.15, -0.1) is 0 Å². The van der Waals surface area contributed by atoms with E-state index >= 15 is 0 Å². The summed E-state index contributed by atoms with van der Waals surface area (Å²) in [6, 6.07) is 3.10. The third kappa shape index (κ3) is 2.57. The van der Waals surface area contributed by atoms with Crippen molar-refractivity contribution in [1.29, 1.82) is 0 Å². The summed E-state index contributed by atoms with van der Waals surface area (Å²) >= 11 is 0. The number of aromatic amines is 1. The van der Waals surface area contributed by atoms with Crippen LogP contribution in [0, 0.1) is 0 Å². The van der Waals surface area contributed by atoms with Gasteiger partial charge in [0.25, 0.3) is 0 Å². The van der Waals surface area contributed by atoms with E-state index in [0.29, 0.717) is 6.54 Å². The molecular weight excluding hydrogens is 156 g/mol. The Hall–Kier alpha value is -1.58. The smallest absolute Gasteiger partial charge is 0.247 e. The monoisotopic (exact) mass is 166 g/mol. The molecule has 1 rings (SSSR count). The average Bonchev–Trinajstić information content (AvgIpc) is 2.03. The van der Waals surface area contributed by atoms with Gasteiger partial charge in [-0.2, -0.15) is 0 Å². The van der Waals surface area contributed by atoms with Crippen molar-refractivity contribution in [2.45, 2.75) is 13.5 Å². The van der Waals surface area contributed by atoms with E-state index in [1.54, 1.807) is 12.3 Å². The fourth-order valence-corrected chi connectivity index (χ4v) is 0.779. The maximum atomic E-state index is 10.6. The Balaban J connectivity index is 2.59. The number of hydrogen-bond acceptors (Lipinski definition) is 2. The maximum Gasteiger partial charge on any atom is 0.247 e. The minimum Gasteiger partial charge on any atom is -0.352 e. The first-order chi connectivity index (χ1) is 5.68. The SMILES string of the molecule is CC(=O)NCc1ccc(=O)[nH]c1. The van der Waals surface area contributed by atoms with E-state index in [2.05, 4.69) is 10.3 Å². The number of hydrogen-bond donors (Lipinski definition) is 2. The molecule has 1 heterocycles. The normalized spacial score (nSPS) is 9.42. The van der Waals surface area contributed by atoms with Crippen LogP contribution in [-0.2, 0) is 11.3 Å². The van der Waals surface area contributed by atoms with Crippen LogP contribution in [0.4, 0.5) is 0 Å². The Morgan fingerprint density at radius 3 is 2.83 bits per heavy atom. The first kappa shape index (κ1) is 8.52. The van der Waals surface area contributed by atoms with Crippen LogP contribution < -0.4 is 10.9 Å². The summed E-state index contributed by atoms with van der Waals surface area (Å²) in [5, 5.41) is 2.62. The molecule has 0 aliphatic rings. The fourth-order valence-electron chi connectivity index (χ4n) is 0.779. The summed E-state index contributed by atoms with van der Waals surface area (Å²) in [4.78, 5) is 23.6. The molecule has 4 heteroatoms. The second kappa shape index (κ2) is 3.71. The number of pyridine rings is 1. The Morgan fingerprint density at radius 1 is 1.58 bits per heavy atom. The van der Waals surface area contributed by atoms with Gasteiger partial charge in [0.05, 0.1) is 0 Å². The molecule has 0 aliphatic carbocycles. The van der Waals surface area contributed by atoms with Gasteiger partial charge < -0.3 is 10.3 Å². The topological polar surface area (TPSA) is 62.0 Å². The second-order valence-corrected chi connectivity index (χ2v) is 2.47. The minimum absolute atomic E-state index is 0.0822. The highest BCUT2D eigenvalue weighted by molar-refractivity contribution is 5.72. The average molecular weight is 166 g/mol. The molecule has 64 valence electrons. The summed E-state index contributed by atoms with van der Waals surface area (Å²) in [5.41, 5.74) is 0.742. The van der Waals surface area contributed by atoms with Crippen LogP contribution in [-0.4, -0.2) is 10.9 Å². The zero-order valence-electron chi connectivity index (χ0n) is 6.76. The number of amides is 1. The zero-order chi connectivity index (χ0) is 8.97. The quantitative estimate of drug-likeness (QED) is 0.650. The lowest BCUT2D eigenvalue weighted by Crippen LogP contribution is -2.19. The summed E-state index contributed by atoms with van der Waals surface area (Å²) in [7, 11) is 0. The number of rotatable bonds is 2. The van der Waals surface area contributed by atoms with Crippen molar-refractivity contribution in [3.05, 3.63) is 34.2 Å². The summed E-state index contributed by atoms with van der Waals surface area (Å²) in [5.74, 6) is -0.0822. The van der Waals surface area contributed by atoms with Crippen LogP contribution in [0.15, 0.2) is 23.1 Å². The molecule has 0 saturated heterocycles. The second-order valence-electron chi connectivity index (χ2n) is 2.47. The predicted octanol–water partition coefficient (Wildman–Crippen LogP) is 0.0110. The molecule has 1 aromatic rings. The van der Waals surface area contributed by atoms with E-state index in [1.165, 1.54) is 13.0 Å². The molecule has 1 amide bonds. The molecule has 0 bridgehead atoms. The van der Waals surface area contributed by atoms with Crippen molar-refractivity contribution in [2.75, 3.05) is 0 Å². The van der Waals surface area contributed by atoms with E-state index in [-0.39, 0.29) is 11.5 Å². The van der Waals surface area contributed by atoms with Crippen molar-refractivity contribution in [3.63, 3.8) is 0 Å². The van der Waals surface area contributed by atoms with E-state index in [9.17, 15) is 9.59 Å². The Bertz CT molecular complexity index is 310. The van der Waals surface area contributed by atoms with Crippen molar-refractivity contribution in [3.8, 4) is 0 Å². The third-order valence-corrected chi connectivity index (χ3v) is 1.39. The molecule has 0 radical (unpaired) electrons. The molecule has 0 aliphatic heterocycles. The van der Waals surface area contributed by atoms with Crippen LogP contribution >= 0.6 is 0 Å². The molecule has 0 fully saturated rings. The highest BCUT2D eigenvalue weighted by Crippen LogP contribution is 1.90. The number of aromatic nitrogens is 1. The summed E-state index contributed by atoms with van der Waals surface area (Å²) in [6.07, 6.45) is 1.58.